The Morgan fingerprint density at radius 2 is 1.65 bits per heavy atom. The number of nitrogens with zero attached hydrogens (tertiary/aromatic N) is 2. The molecule has 1 aliphatic heterocycles. The number of nitro benzene ring substituents is 1. The van der Waals surface area contributed by atoms with Crippen molar-refractivity contribution in [1.82, 2.24) is 10.2 Å². The summed E-state index contributed by atoms with van der Waals surface area (Å²) in [7, 11) is 0. The lowest BCUT2D eigenvalue weighted by molar-refractivity contribution is -0.384. The summed E-state index contributed by atoms with van der Waals surface area (Å²) < 4.78 is 5.83. The molecule has 1 aliphatic carbocycles. The Kier molecular flexibility index (Phi) is 8.90. The summed E-state index contributed by atoms with van der Waals surface area (Å²) in [5, 5.41) is 25.8. The molecule has 2 aliphatic rings. The summed E-state index contributed by atoms with van der Waals surface area (Å²) in [5.41, 5.74) is 0.461. The first kappa shape index (κ1) is 28.4. The van der Waals surface area contributed by atoms with Crippen LogP contribution in [0.4, 0.5) is 11.4 Å². The Balaban J connectivity index is 1.40. The van der Waals surface area contributed by atoms with Crippen molar-refractivity contribution in [1.29, 1.82) is 0 Å². The number of amides is 4. The lowest BCUT2D eigenvalue weighted by Crippen LogP contribution is -2.52. The molecule has 1 fully saturated rings. The highest BCUT2D eigenvalue weighted by molar-refractivity contribution is 6.13. The molecule has 4 amide bonds. The van der Waals surface area contributed by atoms with Crippen molar-refractivity contribution in [2.45, 2.75) is 45.3 Å². The Labute approximate surface area is 230 Å². The third-order valence-corrected chi connectivity index (χ3v) is 7.11. The van der Waals surface area contributed by atoms with E-state index in [0.29, 0.717) is 29.7 Å². The fraction of sp³-hybridized carbons (Fsp3) is 0.357. The number of carbonyl (C=O) groups is 4. The minimum atomic E-state index is -0.967. The number of aliphatic hydroxyl groups excluding tert-OH is 1. The van der Waals surface area contributed by atoms with E-state index in [2.05, 4.69) is 10.6 Å². The molecule has 0 spiro atoms. The highest BCUT2D eigenvalue weighted by Gasteiger charge is 2.43. The summed E-state index contributed by atoms with van der Waals surface area (Å²) in [4.78, 5) is 61.8. The van der Waals surface area contributed by atoms with Crippen molar-refractivity contribution < 1.29 is 33.9 Å². The van der Waals surface area contributed by atoms with Gasteiger partial charge in [-0.1, -0.05) is 25.3 Å². The molecule has 210 valence electrons. The molecular formula is C28H30N4O8. The first-order valence-corrected chi connectivity index (χ1v) is 12.9. The molecule has 12 nitrogen and oxygen atoms in total. The van der Waals surface area contributed by atoms with E-state index >= 15 is 0 Å². The maximum absolute atomic E-state index is 13.3. The predicted molar refractivity (Wildman–Crippen MR) is 143 cm³/mol. The molecule has 0 bridgehead atoms. The zero-order chi connectivity index (χ0) is 28.7. The largest absolute Gasteiger partial charge is 0.487 e. The summed E-state index contributed by atoms with van der Waals surface area (Å²) in [6, 6.07) is 10.6. The number of ether oxygens (including phenoxy) is 1. The number of aliphatic hydroxyl groups is 1. The molecule has 12 heteroatoms. The number of hydrogen-bond acceptors (Lipinski definition) is 8. The monoisotopic (exact) mass is 550 g/mol. The number of benzene rings is 2. The van der Waals surface area contributed by atoms with E-state index in [9.17, 15) is 34.4 Å². The third-order valence-electron chi connectivity index (χ3n) is 7.11. The van der Waals surface area contributed by atoms with Gasteiger partial charge in [0.1, 0.15) is 12.4 Å². The van der Waals surface area contributed by atoms with Crippen LogP contribution in [-0.2, 0) is 32.4 Å². The highest BCUT2D eigenvalue weighted by atomic mass is 16.6. The first-order chi connectivity index (χ1) is 19.2. The van der Waals surface area contributed by atoms with E-state index in [1.54, 1.807) is 30.3 Å². The number of nitro groups is 1. The van der Waals surface area contributed by atoms with Crippen molar-refractivity contribution in [3.8, 4) is 5.75 Å². The SMILES string of the molecule is O=C(CNC(=O)C1(CN2C(=O)C=CC2=O)CCCCC1)Nc1cc(CO)ccc1OCc1ccc([N+](=O)[O-])cc1. The van der Waals surface area contributed by atoms with Gasteiger partial charge >= 0.3 is 0 Å². The van der Waals surface area contributed by atoms with Gasteiger partial charge in [0.2, 0.25) is 11.8 Å². The standard InChI is InChI=1S/C28H30N4O8/c33-16-20-6-9-23(40-17-19-4-7-21(8-5-19)32(38)39)22(14-20)30-24(34)15-29-27(37)28(12-2-1-3-13-28)18-31-25(35)10-11-26(31)36/h4-11,14,33H,1-3,12-13,15-18H2,(H,29,37)(H,30,34). The second-order valence-electron chi connectivity index (χ2n) is 9.87. The summed E-state index contributed by atoms with van der Waals surface area (Å²) in [6.07, 6.45) is 5.85. The van der Waals surface area contributed by atoms with Gasteiger partial charge in [0.25, 0.3) is 17.5 Å². The van der Waals surface area contributed by atoms with Crippen LogP contribution in [-0.4, -0.2) is 51.6 Å². The smallest absolute Gasteiger partial charge is 0.269 e. The van der Waals surface area contributed by atoms with Crippen LogP contribution in [0.2, 0.25) is 0 Å². The second kappa shape index (κ2) is 12.5. The third kappa shape index (κ3) is 6.70. The number of anilines is 1. The van der Waals surface area contributed by atoms with Crippen LogP contribution >= 0.6 is 0 Å². The Bertz CT molecular complexity index is 1310. The molecule has 2 aromatic carbocycles. The predicted octanol–water partition coefficient (Wildman–Crippen LogP) is 2.60. The van der Waals surface area contributed by atoms with Crippen LogP contribution in [0.5, 0.6) is 5.75 Å². The minimum absolute atomic E-state index is 0.0374. The number of imide groups is 1. The highest BCUT2D eigenvalue weighted by Crippen LogP contribution is 2.38. The number of rotatable bonds is 11. The Hall–Kier alpha value is -4.58. The van der Waals surface area contributed by atoms with Gasteiger partial charge < -0.3 is 20.5 Å². The van der Waals surface area contributed by atoms with Gasteiger partial charge in [0.05, 0.1) is 29.2 Å². The van der Waals surface area contributed by atoms with E-state index in [1.165, 1.54) is 24.3 Å². The zero-order valence-corrected chi connectivity index (χ0v) is 21.8. The van der Waals surface area contributed by atoms with Gasteiger partial charge in [0, 0.05) is 30.8 Å². The Morgan fingerprint density at radius 1 is 1.00 bits per heavy atom. The van der Waals surface area contributed by atoms with Crippen molar-refractivity contribution in [2.75, 3.05) is 18.4 Å². The average Bonchev–Trinajstić information content (AvgIpc) is 3.27. The number of nitrogens with one attached hydrogen (secondary N) is 2. The molecule has 2 aromatic rings. The van der Waals surface area contributed by atoms with Gasteiger partial charge in [-0.25, -0.2) is 0 Å². The van der Waals surface area contributed by atoms with Crippen molar-refractivity contribution >= 4 is 35.0 Å². The molecule has 0 saturated heterocycles. The van der Waals surface area contributed by atoms with Crippen LogP contribution < -0.4 is 15.4 Å². The van der Waals surface area contributed by atoms with E-state index in [0.717, 1.165) is 24.2 Å². The first-order valence-electron chi connectivity index (χ1n) is 12.9. The van der Waals surface area contributed by atoms with E-state index in [-0.39, 0.29) is 37.7 Å². The molecule has 1 saturated carbocycles. The van der Waals surface area contributed by atoms with Crippen LogP contribution in [0.15, 0.2) is 54.6 Å². The number of carbonyl (C=O) groups excluding carboxylic acids is 4. The quantitative estimate of drug-likeness (QED) is 0.218. The molecule has 0 unspecified atom stereocenters. The maximum Gasteiger partial charge on any atom is 0.269 e. The van der Waals surface area contributed by atoms with E-state index < -0.39 is 34.0 Å². The number of non-ortho nitro benzene ring substituents is 1. The fourth-order valence-electron chi connectivity index (χ4n) is 4.89. The summed E-state index contributed by atoms with van der Waals surface area (Å²) in [6.45, 7) is -0.592. The number of hydrogen-bond donors (Lipinski definition) is 3. The zero-order valence-electron chi connectivity index (χ0n) is 21.8. The van der Waals surface area contributed by atoms with Gasteiger partial charge in [-0.05, 0) is 48.2 Å². The van der Waals surface area contributed by atoms with Crippen molar-refractivity contribution in [3.05, 3.63) is 75.9 Å². The molecule has 0 atom stereocenters. The molecule has 0 radical (unpaired) electrons. The normalized spacial score (nSPS) is 16.1. The van der Waals surface area contributed by atoms with E-state index in [1.807, 2.05) is 0 Å². The van der Waals surface area contributed by atoms with Crippen LogP contribution in [0, 0.1) is 15.5 Å². The maximum atomic E-state index is 13.3. The summed E-state index contributed by atoms with van der Waals surface area (Å²) in [5.74, 6) is -1.54. The van der Waals surface area contributed by atoms with Crippen LogP contribution in [0.3, 0.4) is 0 Å². The Morgan fingerprint density at radius 3 is 2.27 bits per heavy atom. The second-order valence-corrected chi connectivity index (χ2v) is 9.87. The molecular weight excluding hydrogens is 520 g/mol. The fourth-order valence-corrected chi connectivity index (χ4v) is 4.89. The van der Waals surface area contributed by atoms with Crippen molar-refractivity contribution in [2.24, 2.45) is 5.41 Å². The minimum Gasteiger partial charge on any atom is -0.487 e. The topological polar surface area (TPSA) is 168 Å². The van der Waals surface area contributed by atoms with Gasteiger partial charge in [-0.3, -0.25) is 34.2 Å². The van der Waals surface area contributed by atoms with Gasteiger partial charge in [-0.15, -0.1) is 0 Å². The lowest BCUT2D eigenvalue weighted by atomic mass is 9.72. The summed E-state index contributed by atoms with van der Waals surface area (Å²) >= 11 is 0. The average molecular weight is 551 g/mol. The molecule has 3 N–H and O–H groups in total. The lowest BCUT2D eigenvalue weighted by Gasteiger charge is -2.38. The van der Waals surface area contributed by atoms with Gasteiger partial charge in [-0.2, -0.15) is 0 Å². The van der Waals surface area contributed by atoms with Crippen LogP contribution in [0.25, 0.3) is 0 Å². The van der Waals surface area contributed by atoms with Gasteiger partial charge in [0.15, 0.2) is 0 Å². The van der Waals surface area contributed by atoms with Crippen molar-refractivity contribution in [3.63, 3.8) is 0 Å². The van der Waals surface area contributed by atoms with E-state index in [4.69, 9.17) is 4.74 Å². The van der Waals surface area contributed by atoms with Crippen LogP contribution in [0.1, 0.15) is 43.2 Å². The molecule has 1 heterocycles. The molecule has 4 rings (SSSR count). The molecule has 40 heavy (non-hydrogen) atoms. The molecule has 0 aromatic heterocycles.